The summed E-state index contributed by atoms with van der Waals surface area (Å²) in [5.41, 5.74) is 10.7. The molecule has 3 rings (SSSR count). The molecule has 0 aliphatic rings. The third-order valence-electron chi connectivity index (χ3n) is 5.29. The Kier molecular flexibility index (Phi) is 6.76. The lowest BCUT2D eigenvalue weighted by Gasteiger charge is -2.27. The minimum atomic E-state index is -0.521. The third-order valence-corrected chi connectivity index (χ3v) is 5.29. The van der Waals surface area contributed by atoms with Gasteiger partial charge in [-0.25, -0.2) is 10.1 Å². The number of hydrogen-bond acceptors (Lipinski definition) is 9. The Morgan fingerprint density at radius 1 is 1.18 bits per heavy atom. The van der Waals surface area contributed by atoms with Crippen LogP contribution in [0.25, 0.3) is 5.82 Å². The summed E-state index contributed by atoms with van der Waals surface area (Å²) in [6, 6.07) is 3.75. The van der Waals surface area contributed by atoms with Crippen molar-refractivity contribution >= 4 is 17.9 Å². The van der Waals surface area contributed by atoms with E-state index in [1.54, 1.807) is 6.21 Å². The Bertz CT molecular complexity index is 1180. The molecule has 0 spiro atoms. The Morgan fingerprint density at radius 2 is 1.79 bits per heavy atom. The highest BCUT2D eigenvalue weighted by molar-refractivity contribution is 5.94. The van der Waals surface area contributed by atoms with E-state index < -0.39 is 5.91 Å². The number of nitrogen functional groups attached to an aromatic ring is 1. The number of amides is 1. The zero-order valence-corrected chi connectivity index (χ0v) is 20.7. The van der Waals surface area contributed by atoms with Crippen LogP contribution in [-0.4, -0.2) is 42.5 Å². The number of nitrogens with zero attached hydrogens (tertiary/aromatic N) is 6. The van der Waals surface area contributed by atoms with Gasteiger partial charge in [0.05, 0.1) is 11.9 Å². The van der Waals surface area contributed by atoms with E-state index in [0.717, 1.165) is 23.1 Å². The Balaban J connectivity index is 1.90. The van der Waals surface area contributed by atoms with Crippen LogP contribution in [0.4, 0.5) is 5.82 Å². The van der Waals surface area contributed by atoms with Crippen LogP contribution in [0.15, 0.2) is 21.9 Å². The van der Waals surface area contributed by atoms with Crippen molar-refractivity contribution in [1.29, 1.82) is 0 Å². The van der Waals surface area contributed by atoms with Crippen molar-refractivity contribution in [1.82, 2.24) is 30.7 Å². The molecule has 182 valence electrons. The second-order valence-corrected chi connectivity index (χ2v) is 10.2. The first-order valence-corrected chi connectivity index (χ1v) is 11.1. The highest BCUT2D eigenvalue weighted by Gasteiger charge is 2.26. The molecule has 11 nitrogen and oxygen atoms in total. The van der Waals surface area contributed by atoms with Crippen LogP contribution in [-0.2, 0) is 17.3 Å². The van der Waals surface area contributed by atoms with Crippen molar-refractivity contribution in [3.8, 4) is 11.6 Å². The molecule has 2 aromatic heterocycles. The predicted molar refractivity (Wildman–Crippen MR) is 128 cm³/mol. The average Bonchev–Trinajstić information content (AvgIpc) is 3.33. The SMILES string of the molecule is CCCc1c(C(=O)N/N=C\c2cc(C(C)(C)C)c(O)c(C(C)(C)C)c2)nnn1-c1nonc1N. The third kappa shape index (κ3) is 5.08. The zero-order chi connectivity index (χ0) is 25.3. The smallest absolute Gasteiger partial charge is 0.293 e. The molecule has 0 bridgehead atoms. The number of benzene rings is 1. The molecule has 1 aromatic carbocycles. The molecule has 0 radical (unpaired) electrons. The van der Waals surface area contributed by atoms with Gasteiger partial charge in [-0.3, -0.25) is 4.79 Å². The lowest BCUT2D eigenvalue weighted by atomic mass is 9.78. The van der Waals surface area contributed by atoms with Crippen LogP contribution >= 0.6 is 0 Å². The molecular formula is C23H32N8O3. The molecular weight excluding hydrogens is 436 g/mol. The number of rotatable bonds is 6. The van der Waals surface area contributed by atoms with Crippen molar-refractivity contribution in [3.63, 3.8) is 0 Å². The van der Waals surface area contributed by atoms with Gasteiger partial charge in [-0.15, -0.1) is 5.10 Å². The zero-order valence-electron chi connectivity index (χ0n) is 20.7. The minimum Gasteiger partial charge on any atom is -0.507 e. The summed E-state index contributed by atoms with van der Waals surface area (Å²) < 4.78 is 5.98. The van der Waals surface area contributed by atoms with Gasteiger partial charge in [-0.1, -0.05) is 60.1 Å². The molecule has 4 N–H and O–H groups in total. The van der Waals surface area contributed by atoms with E-state index in [2.05, 4.69) is 35.8 Å². The molecule has 0 aliphatic carbocycles. The average molecular weight is 469 g/mol. The van der Waals surface area contributed by atoms with Gasteiger partial charge in [-0.05, 0) is 45.3 Å². The number of aromatic hydroxyl groups is 1. The number of phenolic OH excluding ortho intramolecular Hbond substituents is 1. The summed E-state index contributed by atoms with van der Waals surface area (Å²) in [6.45, 7) is 14.2. The van der Waals surface area contributed by atoms with E-state index in [4.69, 9.17) is 5.73 Å². The molecule has 0 atom stereocenters. The Morgan fingerprint density at radius 3 is 2.29 bits per heavy atom. The van der Waals surface area contributed by atoms with Crippen LogP contribution in [0.2, 0.25) is 0 Å². The topological polar surface area (TPSA) is 157 Å². The monoisotopic (exact) mass is 468 g/mol. The highest BCUT2D eigenvalue weighted by Crippen LogP contribution is 2.39. The maximum atomic E-state index is 12.8. The first kappa shape index (κ1) is 24.9. The van der Waals surface area contributed by atoms with Crippen LogP contribution in [0.5, 0.6) is 5.75 Å². The van der Waals surface area contributed by atoms with E-state index in [0.29, 0.717) is 12.1 Å². The quantitative estimate of drug-likeness (QED) is 0.367. The Labute approximate surface area is 198 Å². The molecule has 11 heteroatoms. The second kappa shape index (κ2) is 9.24. The highest BCUT2D eigenvalue weighted by atomic mass is 16.6. The van der Waals surface area contributed by atoms with Crippen molar-refractivity contribution in [2.75, 3.05) is 5.73 Å². The summed E-state index contributed by atoms with van der Waals surface area (Å²) in [6.07, 6.45) is 2.79. The fourth-order valence-corrected chi connectivity index (χ4v) is 3.54. The van der Waals surface area contributed by atoms with Gasteiger partial charge in [0.25, 0.3) is 5.91 Å². The maximum Gasteiger partial charge on any atom is 0.293 e. The molecule has 0 fully saturated rings. The molecule has 34 heavy (non-hydrogen) atoms. The second-order valence-electron chi connectivity index (χ2n) is 10.2. The number of anilines is 1. The largest absolute Gasteiger partial charge is 0.507 e. The number of carbonyl (C=O) groups excluding carboxylic acids is 1. The number of aromatic nitrogens is 5. The van der Waals surface area contributed by atoms with Gasteiger partial charge >= 0.3 is 0 Å². The van der Waals surface area contributed by atoms with Gasteiger partial charge in [-0.2, -0.15) is 9.78 Å². The fourth-order valence-electron chi connectivity index (χ4n) is 3.54. The lowest BCUT2D eigenvalue weighted by molar-refractivity contribution is 0.0949. The van der Waals surface area contributed by atoms with Gasteiger partial charge in [0, 0.05) is 11.1 Å². The minimum absolute atomic E-state index is 0.0452. The number of nitrogens with two attached hydrogens (primary N) is 1. The summed E-state index contributed by atoms with van der Waals surface area (Å²) in [4.78, 5) is 12.8. The van der Waals surface area contributed by atoms with Crippen LogP contribution < -0.4 is 11.2 Å². The first-order valence-electron chi connectivity index (χ1n) is 11.1. The van der Waals surface area contributed by atoms with E-state index in [1.165, 1.54) is 4.68 Å². The standard InChI is InChI=1S/C23H32N8O3/c1-8-9-16-17(26-30-31(16)20-19(24)28-34-29-20)21(33)27-25-12-13-10-14(22(2,3)4)18(32)15(11-13)23(5,6)7/h10-12,32H,8-9H2,1-7H3,(H2,24,28)(H,27,33)/b25-12-. The van der Waals surface area contributed by atoms with Crippen LogP contribution in [0.3, 0.4) is 0 Å². The lowest BCUT2D eigenvalue weighted by Crippen LogP contribution is -2.21. The molecule has 3 aromatic rings. The van der Waals surface area contributed by atoms with Gasteiger partial charge in [0.2, 0.25) is 11.6 Å². The number of hydrogen-bond donors (Lipinski definition) is 3. The number of carbonyl (C=O) groups is 1. The van der Waals surface area contributed by atoms with Crippen LogP contribution in [0.1, 0.15) is 87.8 Å². The number of hydrazone groups is 1. The maximum absolute atomic E-state index is 12.8. The van der Waals surface area contributed by atoms with E-state index in [1.807, 2.05) is 60.6 Å². The molecule has 0 aliphatic heterocycles. The normalized spacial score (nSPS) is 12.4. The van der Waals surface area contributed by atoms with Crippen molar-refractivity contribution in [3.05, 3.63) is 40.2 Å². The van der Waals surface area contributed by atoms with Crippen molar-refractivity contribution in [2.45, 2.75) is 72.1 Å². The van der Waals surface area contributed by atoms with Crippen molar-refractivity contribution < 1.29 is 14.5 Å². The molecule has 1 amide bonds. The predicted octanol–water partition coefficient (Wildman–Crippen LogP) is 3.25. The number of nitrogens with one attached hydrogen (secondary N) is 1. The fraction of sp³-hybridized carbons (Fsp3) is 0.478. The van der Waals surface area contributed by atoms with Gasteiger partial charge in [0.15, 0.2) is 5.69 Å². The first-order chi connectivity index (χ1) is 15.8. The summed E-state index contributed by atoms with van der Waals surface area (Å²) in [5.74, 6) is -0.0219. The van der Waals surface area contributed by atoms with Crippen molar-refractivity contribution in [2.24, 2.45) is 5.10 Å². The molecule has 0 saturated carbocycles. The molecule has 2 heterocycles. The van der Waals surface area contributed by atoms with Crippen LogP contribution in [0, 0.1) is 0 Å². The summed E-state index contributed by atoms with van der Waals surface area (Å²) in [7, 11) is 0. The van der Waals surface area contributed by atoms with E-state index >= 15 is 0 Å². The molecule has 0 saturated heterocycles. The van der Waals surface area contributed by atoms with E-state index in [-0.39, 0.29) is 33.9 Å². The van der Waals surface area contributed by atoms with E-state index in [9.17, 15) is 9.90 Å². The Hall–Kier alpha value is -3.76. The molecule has 0 unspecified atom stereocenters. The summed E-state index contributed by atoms with van der Waals surface area (Å²) in [5, 5.41) is 30.3. The van der Waals surface area contributed by atoms with Gasteiger partial charge < -0.3 is 10.8 Å². The summed E-state index contributed by atoms with van der Waals surface area (Å²) >= 11 is 0. The van der Waals surface area contributed by atoms with Gasteiger partial charge in [0.1, 0.15) is 5.75 Å². The number of phenols is 1.